The van der Waals surface area contributed by atoms with E-state index >= 15 is 0 Å². The van der Waals surface area contributed by atoms with Gasteiger partial charge in [-0.1, -0.05) is 97.1 Å². The Morgan fingerprint density at radius 2 is 1.02 bits per heavy atom. The van der Waals surface area contributed by atoms with Crippen LogP contribution in [0.1, 0.15) is 0 Å². The molecule has 192 valence electrons. The minimum atomic E-state index is 1.17. The first kappa shape index (κ1) is 22.7. The van der Waals surface area contributed by atoms with Crippen LogP contribution in [0.2, 0.25) is 0 Å². The fourth-order valence-electron chi connectivity index (χ4n) is 6.52. The van der Waals surface area contributed by atoms with Crippen molar-refractivity contribution in [2.24, 2.45) is 0 Å². The van der Waals surface area contributed by atoms with Crippen LogP contribution in [0.15, 0.2) is 146 Å². The van der Waals surface area contributed by atoms with Gasteiger partial charge >= 0.3 is 0 Å². The van der Waals surface area contributed by atoms with Crippen LogP contribution in [-0.4, -0.2) is 9.13 Å². The summed E-state index contributed by atoms with van der Waals surface area (Å²) in [5.74, 6) is 0. The van der Waals surface area contributed by atoms with Crippen LogP contribution in [0.3, 0.4) is 0 Å². The zero-order chi connectivity index (χ0) is 26.9. The molecule has 0 bridgehead atoms. The van der Waals surface area contributed by atoms with Crippen molar-refractivity contribution in [2.75, 3.05) is 0 Å². The topological polar surface area (TPSA) is 9.86 Å². The Hall–Kier alpha value is -5.12. The number of fused-ring (bicyclic) bond motifs is 8. The molecule has 6 aromatic carbocycles. The van der Waals surface area contributed by atoms with Gasteiger partial charge in [0.2, 0.25) is 0 Å². The van der Waals surface area contributed by atoms with Crippen molar-refractivity contribution in [2.45, 2.75) is 0 Å². The van der Waals surface area contributed by atoms with Gasteiger partial charge in [-0.25, -0.2) is 0 Å². The van der Waals surface area contributed by atoms with Gasteiger partial charge in [0, 0.05) is 37.6 Å². The monoisotopic (exact) mass is 540 g/mol. The predicted molar refractivity (Wildman–Crippen MR) is 176 cm³/mol. The molecule has 3 heteroatoms. The molecule has 0 aliphatic heterocycles. The van der Waals surface area contributed by atoms with Gasteiger partial charge in [0.05, 0.1) is 26.8 Å². The Balaban J connectivity index is 1.29. The SMILES string of the molecule is c1ccc(-n2c3cc(-c4cccc(-n5c6ccccc6c6ccccc65)c4)ccc3c3sc4ccccc4c32)cc1. The fourth-order valence-corrected chi connectivity index (χ4v) is 7.74. The van der Waals surface area contributed by atoms with Gasteiger partial charge < -0.3 is 9.13 Å². The van der Waals surface area contributed by atoms with Crippen molar-refractivity contribution in [1.29, 1.82) is 0 Å². The number of hydrogen-bond donors (Lipinski definition) is 0. The van der Waals surface area contributed by atoms with Crippen molar-refractivity contribution in [3.05, 3.63) is 146 Å². The molecule has 0 fully saturated rings. The fraction of sp³-hybridized carbons (Fsp3) is 0. The summed E-state index contributed by atoms with van der Waals surface area (Å²) in [4.78, 5) is 0. The highest BCUT2D eigenvalue weighted by molar-refractivity contribution is 7.26. The summed E-state index contributed by atoms with van der Waals surface area (Å²) < 4.78 is 7.51. The highest BCUT2D eigenvalue weighted by Gasteiger charge is 2.18. The molecule has 3 heterocycles. The quantitative estimate of drug-likeness (QED) is 0.211. The van der Waals surface area contributed by atoms with Crippen LogP contribution in [0, 0.1) is 0 Å². The Bertz CT molecular complexity index is 2370. The highest BCUT2D eigenvalue weighted by atomic mass is 32.1. The van der Waals surface area contributed by atoms with E-state index in [-0.39, 0.29) is 0 Å². The second-order valence-corrected chi connectivity index (χ2v) is 11.7. The van der Waals surface area contributed by atoms with Gasteiger partial charge in [-0.15, -0.1) is 11.3 Å². The lowest BCUT2D eigenvalue weighted by Gasteiger charge is -2.12. The zero-order valence-corrected chi connectivity index (χ0v) is 23.0. The number of nitrogens with zero attached hydrogens (tertiary/aromatic N) is 2. The van der Waals surface area contributed by atoms with Gasteiger partial charge in [0.15, 0.2) is 0 Å². The lowest BCUT2D eigenvalue weighted by Crippen LogP contribution is -1.95. The molecule has 3 aromatic heterocycles. The van der Waals surface area contributed by atoms with Crippen molar-refractivity contribution in [1.82, 2.24) is 9.13 Å². The molecule has 0 aliphatic carbocycles. The predicted octanol–water partition coefficient (Wildman–Crippen LogP) is 10.8. The molecule has 0 radical (unpaired) electrons. The summed E-state index contributed by atoms with van der Waals surface area (Å²) >= 11 is 1.89. The number of aromatic nitrogens is 2. The molecule has 0 aliphatic rings. The molecular formula is C38H24N2S. The molecule has 9 aromatic rings. The molecule has 0 N–H and O–H groups in total. The average Bonchev–Trinajstić information content (AvgIpc) is 3.68. The van der Waals surface area contributed by atoms with Gasteiger partial charge in [-0.2, -0.15) is 0 Å². The Kier molecular flexibility index (Phi) is 4.80. The van der Waals surface area contributed by atoms with Gasteiger partial charge in [0.25, 0.3) is 0 Å². The molecule has 9 rings (SSSR count). The number of benzene rings is 6. The van der Waals surface area contributed by atoms with Crippen LogP contribution >= 0.6 is 11.3 Å². The second kappa shape index (κ2) is 8.69. The van der Waals surface area contributed by atoms with Crippen molar-refractivity contribution < 1.29 is 0 Å². The maximum atomic E-state index is 2.45. The van der Waals surface area contributed by atoms with Crippen molar-refractivity contribution in [3.8, 4) is 22.5 Å². The Morgan fingerprint density at radius 1 is 0.390 bits per heavy atom. The largest absolute Gasteiger partial charge is 0.309 e. The summed E-state index contributed by atoms with van der Waals surface area (Å²) in [6, 6.07) is 52.8. The Morgan fingerprint density at radius 3 is 1.80 bits per heavy atom. The third kappa shape index (κ3) is 3.30. The lowest BCUT2D eigenvalue weighted by atomic mass is 10.0. The number of para-hydroxylation sites is 3. The first-order chi connectivity index (χ1) is 20.3. The molecule has 0 spiro atoms. The molecule has 2 nitrogen and oxygen atoms in total. The maximum absolute atomic E-state index is 2.45. The first-order valence-electron chi connectivity index (χ1n) is 14.0. The minimum Gasteiger partial charge on any atom is -0.309 e. The second-order valence-electron chi connectivity index (χ2n) is 10.6. The molecule has 41 heavy (non-hydrogen) atoms. The van der Waals surface area contributed by atoms with Gasteiger partial charge in [-0.3, -0.25) is 0 Å². The van der Waals surface area contributed by atoms with E-state index in [0.717, 1.165) is 0 Å². The summed E-state index contributed by atoms with van der Waals surface area (Å²) in [5, 5.41) is 5.17. The Labute approximate surface area is 240 Å². The van der Waals surface area contributed by atoms with E-state index < -0.39 is 0 Å². The van der Waals surface area contributed by atoms with E-state index in [1.54, 1.807) is 0 Å². The number of thiophene rings is 1. The molecule has 0 saturated heterocycles. The van der Waals surface area contributed by atoms with Crippen molar-refractivity contribution in [3.63, 3.8) is 0 Å². The standard InChI is InChI=1S/C38H24N2S/c1-2-12-27(13-3-1)40-35-24-26(21-22-31(35)38-37(40)32-17-6-9-20-36(32)41-38)25-11-10-14-28(23-25)39-33-18-7-4-15-29(33)30-16-5-8-19-34(30)39/h1-24H. The summed E-state index contributed by atoms with van der Waals surface area (Å²) in [7, 11) is 0. The third-order valence-electron chi connectivity index (χ3n) is 8.31. The van der Waals surface area contributed by atoms with Crippen LogP contribution in [0.4, 0.5) is 0 Å². The summed E-state index contributed by atoms with van der Waals surface area (Å²) in [5.41, 5.74) is 9.77. The van der Waals surface area contributed by atoms with Crippen LogP contribution in [0.25, 0.3) is 75.5 Å². The van der Waals surface area contributed by atoms with E-state index in [1.165, 1.54) is 75.5 Å². The average molecular weight is 541 g/mol. The minimum absolute atomic E-state index is 1.17. The molecule has 0 atom stereocenters. The normalized spacial score (nSPS) is 11.9. The number of rotatable bonds is 3. The van der Waals surface area contributed by atoms with Gasteiger partial charge in [-0.05, 0) is 59.7 Å². The van der Waals surface area contributed by atoms with Crippen LogP contribution < -0.4 is 0 Å². The van der Waals surface area contributed by atoms with E-state index in [1.807, 2.05) is 11.3 Å². The van der Waals surface area contributed by atoms with E-state index in [9.17, 15) is 0 Å². The van der Waals surface area contributed by atoms with E-state index in [2.05, 4.69) is 155 Å². The molecule has 0 unspecified atom stereocenters. The highest BCUT2D eigenvalue weighted by Crippen LogP contribution is 2.43. The zero-order valence-electron chi connectivity index (χ0n) is 22.2. The molecular weight excluding hydrogens is 516 g/mol. The smallest absolute Gasteiger partial charge is 0.0727 e. The van der Waals surface area contributed by atoms with Crippen molar-refractivity contribution >= 4 is 64.3 Å². The van der Waals surface area contributed by atoms with E-state index in [4.69, 9.17) is 0 Å². The summed E-state index contributed by atoms with van der Waals surface area (Å²) in [6.45, 7) is 0. The van der Waals surface area contributed by atoms with Crippen LogP contribution in [-0.2, 0) is 0 Å². The molecule has 0 saturated carbocycles. The lowest BCUT2D eigenvalue weighted by molar-refractivity contribution is 1.18. The van der Waals surface area contributed by atoms with Crippen LogP contribution in [0.5, 0.6) is 0 Å². The first-order valence-corrected chi connectivity index (χ1v) is 14.8. The third-order valence-corrected chi connectivity index (χ3v) is 9.50. The van der Waals surface area contributed by atoms with Gasteiger partial charge in [0.1, 0.15) is 0 Å². The number of hydrogen-bond acceptors (Lipinski definition) is 1. The summed E-state index contributed by atoms with van der Waals surface area (Å²) in [6.07, 6.45) is 0. The van der Waals surface area contributed by atoms with E-state index in [0.29, 0.717) is 0 Å². The molecule has 0 amide bonds. The maximum Gasteiger partial charge on any atom is 0.0727 e.